The lowest BCUT2D eigenvalue weighted by Gasteiger charge is -2.31. The fourth-order valence-corrected chi connectivity index (χ4v) is 4.39. The van der Waals surface area contributed by atoms with Crippen molar-refractivity contribution < 1.29 is 4.79 Å². The predicted molar refractivity (Wildman–Crippen MR) is 102 cm³/mol. The maximum atomic E-state index is 13.0. The number of carbonyl (C=O) groups is 1. The molecule has 0 spiro atoms. The number of aromatic nitrogens is 4. The summed E-state index contributed by atoms with van der Waals surface area (Å²) in [5.41, 5.74) is 7.49. The van der Waals surface area contributed by atoms with Gasteiger partial charge in [0.1, 0.15) is 0 Å². The van der Waals surface area contributed by atoms with Crippen LogP contribution in [0.5, 0.6) is 0 Å². The van der Waals surface area contributed by atoms with Crippen LogP contribution in [0, 0.1) is 5.92 Å². The molecule has 1 aliphatic carbocycles. The molecule has 1 amide bonds. The Bertz CT molecular complexity index is 755. The minimum atomic E-state index is -0.398. The van der Waals surface area contributed by atoms with Gasteiger partial charge in [0.25, 0.3) is 0 Å². The maximum Gasteiger partial charge on any atom is 0.240 e. The molecule has 7 nitrogen and oxygen atoms in total. The molecule has 2 N–H and O–H groups in total. The summed E-state index contributed by atoms with van der Waals surface area (Å²) in [4.78, 5) is 16.5. The molecule has 0 radical (unpaired) electrons. The largest absolute Gasteiger partial charge is 0.331 e. The van der Waals surface area contributed by atoms with Crippen molar-refractivity contribution in [3.8, 4) is 0 Å². The Balaban J connectivity index is 1.44. The standard InChI is InChI=1S/C20H28N6O/c21-18(16-10-5-2-6-11-16)20(27)25-13-7-12-17(25)19-22-24-26(23-19)14-15-8-3-1-4-9-15/h1,3-4,8-9,16-18H,2,5-7,10-14,21H2. The summed E-state index contributed by atoms with van der Waals surface area (Å²) in [7, 11) is 0. The molecule has 1 saturated heterocycles. The fraction of sp³-hybridized carbons (Fsp3) is 0.600. The van der Waals surface area contributed by atoms with Crippen LogP contribution in [-0.4, -0.2) is 43.6 Å². The van der Waals surface area contributed by atoms with Gasteiger partial charge in [-0.25, -0.2) is 0 Å². The summed E-state index contributed by atoms with van der Waals surface area (Å²) >= 11 is 0. The molecule has 1 saturated carbocycles. The molecule has 7 heteroatoms. The number of tetrazole rings is 1. The highest BCUT2D eigenvalue weighted by Gasteiger charge is 2.37. The van der Waals surface area contributed by atoms with Gasteiger partial charge in [-0.3, -0.25) is 4.79 Å². The number of nitrogens with zero attached hydrogens (tertiary/aromatic N) is 5. The topological polar surface area (TPSA) is 89.9 Å². The molecule has 4 rings (SSSR count). The first-order chi connectivity index (χ1) is 13.2. The van der Waals surface area contributed by atoms with E-state index in [1.807, 2.05) is 35.2 Å². The van der Waals surface area contributed by atoms with E-state index in [1.54, 1.807) is 4.80 Å². The van der Waals surface area contributed by atoms with Gasteiger partial charge in [-0.05, 0) is 42.4 Å². The third-order valence-corrected chi connectivity index (χ3v) is 5.91. The SMILES string of the molecule is NC(C(=O)N1CCCC1c1nnn(Cc2ccccc2)n1)C1CCCCC1. The first-order valence-electron chi connectivity index (χ1n) is 10.1. The van der Waals surface area contributed by atoms with Crippen molar-refractivity contribution in [2.24, 2.45) is 11.7 Å². The summed E-state index contributed by atoms with van der Waals surface area (Å²) in [6, 6.07) is 9.56. The van der Waals surface area contributed by atoms with Crippen molar-refractivity contribution in [2.75, 3.05) is 6.54 Å². The van der Waals surface area contributed by atoms with Crippen LogP contribution in [0.2, 0.25) is 0 Å². The number of nitrogens with two attached hydrogens (primary N) is 1. The van der Waals surface area contributed by atoms with Crippen molar-refractivity contribution in [1.82, 2.24) is 25.1 Å². The van der Waals surface area contributed by atoms with Crippen LogP contribution < -0.4 is 5.73 Å². The molecule has 1 aromatic heterocycles. The van der Waals surface area contributed by atoms with Gasteiger partial charge in [0.15, 0.2) is 5.82 Å². The zero-order chi connectivity index (χ0) is 18.6. The second-order valence-electron chi connectivity index (χ2n) is 7.78. The Morgan fingerprint density at radius 3 is 2.67 bits per heavy atom. The molecule has 2 atom stereocenters. The van der Waals surface area contributed by atoms with Gasteiger partial charge < -0.3 is 10.6 Å². The second-order valence-corrected chi connectivity index (χ2v) is 7.78. The average molecular weight is 368 g/mol. The Morgan fingerprint density at radius 1 is 1.11 bits per heavy atom. The molecule has 144 valence electrons. The number of hydrogen-bond donors (Lipinski definition) is 1. The van der Waals surface area contributed by atoms with E-state index < -0.39 is 6.04 Å². The second kappa shape index (κ2) is 8.17. The van der Waals surface area contributed by atoms with Gasteiger partial charge >= 0.3 is 0 Å². The highest BCUT2D eigenvalue weighted by Crippen LogP contribution is 2.32. The van der Waals surface area contributed by atoms with Crippen molar-refractivity contribution in [1.29, 1.82) is 0 Å². The van der Waals surface area contributed by atoms with Gasteiger partial charge in [0.05, 0.1) is 18.6 Å². The Labute approximate surface area is 159 Å². The maximum absolute atomic E-state index is 13.0. The van der Waals surface area contributed by atoms with E-state index in [1.165, 1.54) is 19.3 Å². The van der Waals surface area contributed by atoms with Crippen LogP contribution in [0.3, 0.4) is 0 Å². The summed E-state index contributed by atoms with van der Waals surface area (Å²) in [6.07, 6.45) is 7.60. The van der Waals surface area contributed by atoms with Crippen LogP contribution in [0.15, 0.2) is 30.3 Å². The zero-order valence-corrected chi connectivity index (χ0v) is 15.7. The van der Waals surface area contributed by atoms with Crippen LogP contribution >= 0.6 is 0 Å². The third-order valence-electron chi connectivity index (χ3n) is 5.91. The first kappa shape index (κ1) is 18.1. The van der Waals surface area contributed by atoms with Gasteiger partial charge in [-0.15, -0.1) is 10.2 Å². The molecule has 2 aliphatic rings. The Kier molecular flexibility index (Phi) is 5.48. The van der Waals surface area contributed by atoms with E-state index in [9.17, 15) is 4.79 Å². The van der Waals surface area contributed by atoms with E-state index in [-0.39, 0.29) is 11.9 Å². The number of benzene rings is 1. The predicted octanol–water partition coefficient (Wildman–Crippen LogP) is 2.29. The van der Waals surface area contributed by atoms with Crippen LogP contribution in [0.1, 0.15) is 62.4 Å². The van der Waals surface area contributed by atoms with Crippen molar-refractivity contribution >= 4 is 5.91 Å². The number of amides is 1. The van der Waals surface area contributed by atoms with E-state index in [0.29, 0.717) is 18.3 Å². The number of carbonyl (C=O) groups excluding carboxylic acids is 1. The van der Waals surface area contributed by atoms with E-state index in [0.717, 1.165) is 37.8 Å². The van der Waals surface area contributed by atoms with Crippen molar-refractivity contribution in [3.63, 3.8) is 0 Å². The third kappa shape index (κ3) is 4.03. The van der Waals surface area contributed by atoms with Gasteiger partial charge in [0, 0.05) is 6.54 Å². The number of likely N-dealkylation sites (tertiary alicyclic amines) is 1. The van der Waals surface area contributed by atoms with Gasteiger partial charge in [-0.1, -0.05) is 49.6 Å². The normalized spacial score (nSPS) is 22.1. The molecule has 2 unspecified atom stereocenters. The van der Waals surface area contributed by atoms with Crippen molar-refractivity contribution in [2.45, 2.75) is 63.6 Å². The zero-order valence-electron chi connectivity index (χ0n) is 15.7. The quantitative estimate of drug-likeness (QED) is 0.874. The van der Waals surface area contributed by atoms with Crippen LogP contribution in [-0.2, 0) is 11.3 Å². The lowest BCUT2D eigenvalue weighted by Crippen LogP contribution is -2.48. The van der Waals surface area contributed by atoms with E-state index >= 15 is 0 Å². The van der Waals surface area contributed by atoms with Gasteiger partial charge in [0.2, 0.25) is 5.91 Å². The van der Waals surface area contributed by atoms with Gasteiger partial charge in [-0.2, -0.15) is 4.80 Å². The highest BCUT2D eigenvalue weighted by molar-refractivity contribution is 5.82. The molecule has 1 aromatic carbocycles. The van der Waals surface area contributed by atoms with E-state index in [4.69, 9.17) is 5.73 Å². The lowest BCUT2D eigenvalue weighted by molar-refractivity contribution is -0.135. The van der Waals surface area contributed by atoms with Crippen LogP contribution in [0.4, 0.5) is 0 Å². The lowest BCUT2D eigenvalue weighted by atomic mass is 9.83. The first-order valence-corrected chi connectivity index (χ1v) is 10.1. The van der Waals surface area contributed by atoms with Crippen molar-refractivity contribution in [3.05, 3.63) is 41.7 Å². The fourth-order valence-electron chi connectivity index (χ4n) is 4.39. The minimum Gasteiger partial charge on any atom is -0.331 e. The molecule has 27 heavy (non-hydrogen) atoms. The summed E-state index contributed by atoms with van der Waals surface area (Å²) < 4.78 is 0. The summed E-state index contributed by atoms with van der Waals surface area (Å²) in [5, 5.41) is 13.0. The number of hydrogen-bond acceptors (Lipinski definition) is 5. The highest BCUT2D eigenvalue weighted by atomic mass is 16.2. The monoisotopic (exact) mass is 368 g/mol. The molecular formula is C20H28N6O. The molecular weight excluding hydrogens is 340 g/mol. The molecule has 0 bridgehead atoms. The molecule has 2 heterocycles. The van der Waals surface area contributed by atoms with E-state index in [2.05, 4.69) is 15.4 Å². The Hall–Kier alpha value is -2.28. The molecule has 2 aromatic rings. The number of rotatable bonds is 5. The van der Waals surface area contributed by atoms with Crippen LogP contribution in [0.25, 0.3) is 0 Å². The Morgan fingerprint density at radius 2 is 1.89 bits per heavy atom. The smallest absolute Gasteiger partial charge is 0.240 e. The summed E-state index contributed by atoms with van der Waals surface area (Å²) in [5.74, 6) is 1.01. The average Bonchev–Trinajstić information content (AvgIpc) is 3.37. The molecule has 2 fully saturated rings. The summed E-state index contributed by atoms with van der Waals surface area (Å²) in [6.45, 7) is 1.31. The minimum absolute atomic E-state index is 0.0591. The molecule has 1 aliphatic heterocycles.